The average Bonchev–Trinajstić information content (AvgIpc) is 3.07. The van der Waals surface area contributed by atoms with Crippen molar-refractivity contribution in [3.8, 4) is 0 Å². The Morgan fingerprint density at radius 1 is 1.43 bits per heavy atom. The van der Waals surface area contributed by atoms with Crippen LogP contribution in [0, 0.1) is 12.8 Å². The molecule has 0 aromatic carbocycles. The van der Waals surface area contributed by atoms with Crippen molar-refractivity contribution in [1.29, 1.82) is 0 Å². The number of nitrogens with one attached hydrogen (secondary N) is 2. The quantitative estimate of drug-likeness (QED) is 0.432. The molecule has 1 aliphatic rings. The molecule has 2 N–H and O–H groups in total. The number of hydrogen-bond acceptors (Lipinski definition) is 4. The molecule has 1 aromatic heterocycles. The van der Waals surface area contributed by atoms with Crippen molar-refractivity contribution in [1.82, 2.24) is 15.6 Å². The lowest BCUT2D eigenvalue weighted by molar-refractivity contribution is 0.0888. The number of pyridine rings is 1. The third-order valence-electron chi connectivity index (χ3n) is 3.74. The first-order valence-electron chi connectivity index (χ1n) is 8.30. The minimum Gasteiger partial charge on any atom is -0.381 e. The molecule has 1 aliphatic heterocycles. The van der Waals surface area contributed by atoms with Gasteiger partial charge in [-0.2, -0.15) is 0 Å². The Labute approximate surface area is 138 Å². The Balaban J connectivity index is 1.54. The summed E-state index contributed by atoms with van der Waals surface area (Å²) >= 11 is 0. The summed E-state index contributed by atoms with van der Waals surface area (Å²) in [6, 6.07) is 6.02. The molecular weight excluding hydrogens is 292 g/mol. The van der Waals surface area contributed by atoms with Crippen molar-refractivity contribution < 1.29 is 9.47 Å². The van der Waals surface area contributed by atoms with Crippen LogP contribution in [-0.2, 0) is 16.0 Å². The van der Waals surface area contributed by atoms with Crippen LogP contribution < -0.4 is 10.6 Å². The molecule has 1 fully saturated rings. The first kappa shape index (κ1) is 17.7. The van der Waals surface area contributed by atoms with E-state index in [4.69, 9.17) is 9.47 Å². The molecule has 23 heavy (non-hydrogen) atoms. The molecule has 0 aliphatic carbocycles. The molecule has 2 heterocycles. The van der Waals surface area contributed by atoms with E-state index in [2.05, 4.69) is 20.6 Å². The van der Waals surface area contributed by atoms with E-state index in [1.165, 1.54) is 0 Å². The van der Waals surface area contributed by atoms with Gasteiger partial charge in [-0.15, -0.1) is 0 Å². The normalized spacial score (nSPS) is 18.2. The zero-order valence-electron chi connectivity index (χ0n) is 14.2. The number of rotatable bonds is 8. The number of guanidine groups is 1. The highest BCUT2D eigenvalue weighted by Crippen LogP contribution is 2.12. The van der Waals surface area contributed by atoms with Crippen molar-refractivity contribution in [3.63, 3.8) is 0 Å². The Morgan fingerprint density at radius 3 is 3.09 bits per heavy atom. The largest absolute Gasteiger partial charge is 0.381 e. The monoisotopic (exact) mass is 320 g/mol. The Kier molecular flexibility index (Phi) is 7.83. The van der Waals surface area contributed by atoms with Crippen molar-refractivity contribution in [3.05, 3.63) is 29.6 Å². The van der Waals surface area contributed by atoms with Gasteiger partial charge in [0.15, 0.2) is 5.96 Å². The Morgan fingerprint density at radius 2 is 2.35 bits per heavy atom. The van der Waals surface area contributed by atoms with Gasteiger partial charge in [0.1, 0.15) is 0 Å². The van der Waals surface area contributed by atoms with E-state index in [1.54, 1.807) is 7.05 Å². The van der Waals surface area contributed by atoms with Crippen molar-refractivity contribution in [2.75, 3.05) is 40.0 Å². The van der Waals surface area contributed by atoms with Crippen molar-refractivity contribution >= 4 is 5.96 Å². The fourth-order valence-corrected chi connectivity index (χ4v) is 2.44. The number of ether oxygens (including phenoxy) is 2. The molecule has 0 saturated carbocycles. The first-order valence-corrected chi connectivity index (χ1v) is 8.30. The van der Waals surface area contributed by atoms with Crippen LogP contribution in [0.5, 0.6) is 0 Å². The highest BCUT2D eigenvalue weighted by Gasteiger charge is 2.15. The third kappa shape index (κ3) is 6.97. The maximum absolute atomic E-state index is 5.69. The fraction of sp³-hybridized carbons (Fsp3) is 0.647. The summed E-state index contributed by atoms with van der Waals surface area (Å²) in [5.74, 6) is 1.37. The molecule has 1 atom stereocenters. The van der Waals surface area contributed by atoms with E-state index >= 15 is 0 Å². The van der Waals surface area contributed by atoms with Gasteiger partial charge in [-0.1, -0.05) is 6.07 Å². The van der Waals surface area contributed by atoms with Gasteiger partial charge < -0.3 is 20.1 Å². The average molecular weight is 320 g/mol. The summed E-state index contributed by atoms with van der Waals surface area (Å²) in [7, 11) is 1.77. The number of hydrogen-bond donors (Lipinski definition) is 2. The van der Waals surface area contributed by atoms with Crippen LogP contribution in [0.2, 0.25) is 0 Å². The molecular formula is C17H28N4O2. The van der Waals surface area contributed by atoms with E-state index in [1.807, 2.05) is 25.1 Å². The smallest absolute Gasteiger partial charge is 0.191 e. The lowest BCUT2D eigenvalue weighted by Crippen LogP contribution is -2.37. The van der Waals surface area contributed by atoms with Gasteiger partial charge >= 0.3 is 0 Å². The van der Waals surface area contributed by atoms with Gasteiger partial charge in [0.2, 0.25) is 0 Å². The van der Waals surface area contributed by atoms with Crippen LogP contribution in [0.3, 0.4) is 0 Å². The molecule has 6 nitrogen and oxygen atoms in total. The zero-order chi connectivity index (χ0) is 16.3. The van der Waals surface area contributed by atoms with Crippen molar-refractivity contribution in [2.45, 2.75) is 26.3 Å². The van der Waals surface area contributed by atoms with Gasteiger partial charge in [-0.3, -0.25) is 9.98 Å². The summed E-state index contributed by atoms with van der Waals surface area (Å²) in [5, 5.41) is 6.56. The van der Waals surface area contributed by atoms with Gasteiger partial charge in [0.25, 0.3) is 0 Å². The molecule has 1 saturated heterocycles. The summed E-state index contributed by atoms with van der Waals surface area (Å²) in [6.45, 7) is 6.80. The predicted octanol–water partition coefficient (Wildman–Crippen LogP) is 1.50. The van der Waals surface area contributed by atoms with E-state index < -0.39 is 0 Å². The molecule has 0 spiro atoms. The van der Waals surface area contributed by atoms with Crippen LogP contribution in [0.1, 0.15) is 24.2 Å². The summed E-state index contributed by atoms with van der Waals surface area (Å²) in [5.41, 5.74) is 2.03. The maximum Gasteiger partial charge on any atom is 0.191 e. The maximum atomic E-state index is 5.69. The molecule has 6 heteroatoms. The van der Waals surface area contributed by atoms with Crippen LogP contribution in [-0.4, -0.2) is 51.0 Å². The second-order valence-corrected chi connectivity index (χ2v) is 5.78. The number of nitrogens with zero attached hydrogens (tertiary/aromatic N) is 2. The number of aromatic nitrogens is 1. The fourth-order valence-electron chi connectivity index (χ4n) is 2.44. The van der Waals surface area contributed by atoms with Crippen LogP contribution in [0.4, 0.5) is 0 Å². The standard InChI is InChI=1S/C17H28N4O2/c1-14-5-3-6-16(21-14)11-20-17(18-2)19-8-4-9-22-12-15-7-10-23-13-15/h3,5-6,15H,4,7-13H2,1-2H3,(H2,18,19,20). The topological polar surface area (TPSA) is 67.8 Å². The van der Waals surface area contributed by atoms with Gasteiger partial charge in [0, 0.05) is 38.4 Å². The van der Waals surface area contributed by atoms with Gasteiger partial charge in [-0.25, -0.2) is 0 Å². The molecule has 2 rings (SSSR count). The Hall–Kier alpha value is -1.66. The molecule has 0 amide bonds. The second kappa shape index (κ2) is 10.2. The van der Waals surface area contributed by atoms with Crippen LogP contribution in [0.15, 0.2) is 23.2 Å². The highest BCUT2D eigenvalue weighted by atomic mass is 16.5. The minimum absolute atomic E-state index is 0.583. The molecule has 1 unspecified atom stereocenters. The first-order chi connectivity index (χ1) is 11.3. The zero-order valence-corrected chi connectivity index (χ0v) is 14.2. The SMILES string of the molecule is CN=C(NCCCOCC1CCOC1)NCc1cccc(C)n1. The lowest BCUT2D eigenvalue weighted by atomic mass is 10.1. The van der Waals surface area contributed by atoms with E-state index in [9.17, 15) is 0 Å². The van der Waals surface area contributed by atoms with Gasteiger partial charge in [0.05, 0.1) is 25.5 Å². The highest BCUT2D eigenvalue weighted by molar-refractivity contribution is 5.79. The molecule has 1 aromatic rings. The number of aryl methyl sites for hydroxylation is 1. The van der Waals surface area contributed by atoms with Gasteiger partial charge in [-0.05, 0) is 31.9 Å². The second-order valence-electron chi connectivity index (χ2n) is 5.78. The van der Waals surface area contributed by atoms with E-state index in [0.29, 0.717) is 12.5 Å². The van der Waals surface area contributed by atoms with Crippen molar-refractivity contribution in [2.24, 2.45) is 10.9 Å². The third-order valence-corrected chi connectivity index (χ3v) is 3.74. The lowest BCUT2D eigenvalue weighted by Gasteiger charge is -2.12. The van der Waals surface area contributed by atoms with E-state index in [0.717, 1.165) is 63.2 Å². The molecule has 0 bridgehead atoms. The van der Waals surface area contributed by atoms with E-state index in [-0.39, 0.29) is 0 Å². The van der Waals surface area contributed by atoms with Crippen LogP contribution in [0.25, 0.3) is 0 Å². The minimum atomic E-state index is 0.583. The molecule has 128 valence electrons. The summed E-state index contributed by atoms with van der Waals surface area (Å²) < 4.78 is 11.0. The summed E-state index contributed by atoms with van der Waals surface area (Å²) in [4.78, 5) is 8.68. The predicted molar refractivity (Wildman–Crippen MR) is 91.5 cm³/mol. The summed E-state index contributed by atoms with van der Waals surface area (Å²) in [6.07, 6.45) is 2.08. The Bertz CT molecular complexity index is 487. The number of aliphatic imine (C=N–C) groups is 1. The van der Waals surface area contributed by atoms with Crippen LogP contribution >= 0.6 is 0 Å². The molecule has 0 radical (unpaired) electrons.